The third-order valence-corrected chi connectivity index (χ3v) is 7.43. The van der Waals surface area contributed by atoms with Crippen molar-refractivity contribution in [2.45, 2.75) is 18.8 Å². The van der Waals surface area contributed by atoms with E-state index in [0.717, 1.165) is 47.4 Å². The topological polar surface area (TPSA) is 86.8 Å². The van der Waals surface area contributed by atoms with Crippen molar-refractivity contribution in [1.29, 1.82) is 0 Å². The van der Waals surface area contributed by atoms with Crippen molar-refractivity contribution in [3.05, 3.63) is 70.2 Å². The lowest BCUT2D eigenvalue weighted by molar-refractivity contribution is 0.0600. The quantitative estimate of drug-likeness (QED) is 0.351. The fraction of sp³-hybridized carbons (Fsp3) is 0.308. The van der Waals surface area contributed by atoms with E-state index in [2.05, 4.69) is 37.6 Å². The molecule has 188 valence electrons. The van der Waals surface area contributed by atoms with Crippen molar-refractivity contribution in [1.82, 2.24) is 9.88 Å². The zero-order valence-corrected chi connectivity index (χ0v) is 22.1. The molecule has 2 aromatic carbocycles. The van der Waals surface area contributed by atoms with Crippen molar-refractivity contribution in [2.75, 3.05) is 49.8 Å². The van der Waals surface area contributed by atoms with Crippen LogP contribution in [0.5, 0.6) is 0 Å². The lowest BCUT2D eigenvalue weighted by Gasteiger charge is -2.33. The van der Waals surface area contributed by atoms with Gasteiger partial charge < -0.3 is 25.2 Å². The predicted octanol–water partition coefficient (Wildman–Crippen LogP) is 4.82. The second-order valence-corrected chi connectivity index (χ2v) is 10.0. The number of hydrogen-bond acceptors (Lipinski definition) is 7. The molecule has 1 aliphatic heterocycles. The maximum absolute atomic E-state index is 12.7. The van der Waals surface area contributed by atoms with Crippen molar-refractivity contribution >= 4 is 57.6 Å². The number of nitrogens with one attached hydrogen (secondary N) is 2. The number of thiocarbonyl (C=S) groups is 1. The fourth-order valence-electron chi connectivity index (χ4n) is 3.99. The Bertz CT molecular complexity index is 1230. The molecule has 36 heavy (non-hydrogen) atoms. The van der Waals surface area contributed by atoms with Crippen LogP contribution in [0.2, 0.25) is 0 Å². The van der Waals surface area contributed by atoms with Gasteiger partial charge in [0.25, 0.3) is 5.91 Å². The van der Waals surface area contributed by atoms with Gasteiger partial charge in [-0.15, -0.1) is 11.3 Å². The van der Waals surface area contributed by atoms with Crippen LogP contribution in [0.4, 0.5) is 17.1 Å². The maximum atomic E-state index is 12.7. The minimum absolute atomic E-state index is 0.289. The first-order chi connectivity index (χ1) is 17.3. The van der Waals surface area contributed by atoms with Crippen LogP contribution in [0, 0.1) is 0 Å². The molecule has 1 fully saturated rings. The summed E-state index contributed by atoms with van der Waals surface area (Å²) < 4.78 is 4.74. The Kier molecular flexibility index (Phi) is 8.17. The number of thiazole rings is 1. The molecule has 1 aliphatic rings. The van der Waals surface area contributed by atoms with E-state index in [1.807, 2.05) is 26.2 Å². The third kappa shape index (κ3) is 6.19. The monoisotopic (exact) mass is 523 g/mol. The number of aromatic nitrogens is 1. The first-order valence-electron chi connectivity index (χ1n) is 11.6. The number of hydrogen-bond donors (Lipinski definition) is 2. The van der Waals surface area contributed by atoms with Crippen molar-refractivity contribution in [3.8, 4) is 0 Å². The average Bonchev–Trinajstić information content (AvgIpc) is 3.39. The summed E-state index contributed by atoms with van der Waals surface area (Å²) >= 11 is 7.14. The predicted molar refractivity (Wildman–Crippen MR) is 148 cm³/mol. The second-order valence-electron chi connectivity index (χ2n) is 8.73. The van der Waals surface area contributed by atoms with Crippen molar-refractivity contribution in [3.63, 3.8) is 0 Å². The Morgan fingerprint density at radius 1 is 1.08 bits per heavy atom. The number of piperidine rings is 1. The second kappa shape index (κ2) is 11.5. The minimum atomic E-state index is -0.453. The highest BCUT2D eigenvalue weighted by atomic mass is 32.1. The van der Waals surface area contributed by atoms with Crippen LogP contribution in [0.15, 0.2) is 53.9 Å². The smallest absolute Gasteiger partial charge is 0.337 e. The van der Waals surface area contributed by atoms with Gasteiger partial charge in [-0.2, -0.15) is 0 Å². The number of esters is 1. The van der Waals surface area contributed by atoms with Gasteiger partial charge in [-0.3, -0.25) is 4.79 Å². The molecule has 0 spiro atoms. The van der Waals surface area contributed by atoms with Crippen LogP contribution in [-0.2, 0) is 4.74 Å². The summed E-state index contributed by atoms with van der Waals surface area (Å²) in [5.74, 6) is -0.467. The summed E-state index contributed by atoms with van der Waals surface area (Å²) in [6.07, 6.45) is 1.83. The van der Waals surface area contributed by atoms with Gasteiger partial charge in [0, 0.05) is 55.5 Å². The van der Waals surface area contributed by atoms with Gasteiger partial charge in [-0.1, -0.05) is 6.07 Å². The van der Waals surface area contributed by atoms with Gasteiger partial charge in [-0.25, -0.2) is 9.78 Å². The molecule has 0 unspecified atom stereocenters. The highest BCUT2D eigenvalue weighted by molar-refractivity contribution is 7.80. The number of carbonyl (C=O) groups excluding carboxylic acids is 2. The Morgan fingerprint density at radius 2 is 1.81 bits per heavy atom. The number of carbonyl (C=O) groups is 2. The molecule has 2 N–H and O–H groups in total. The molecule has 0 bridgehead atoms. The number of benzene rings is 2. The summed E-state index contributed by atoms with van der Waals surface area (Å²) in [7, 11) is 5.35. The molecule has 0 saturated carbocycles. The molecular weight excluding hydrogens is 494 g/mol. The largest absolute Gasteiger partial charge is 0.465 e. The molecule has 0 radical (unpaired) electrons. The number of likely N-dealkylation sites (tertiary alicyclic amines) is 1. The number of anilines is 3. The highest BCUT2D eigenvalue weighted by Gasteiger charge is 2.25. The van der Waals surface area contributed by atoms with Gasteiger partial charge in [-0.05, 0) is 67.5 Å². The molecule has 8 nitrogen and oxygen atoms in total. The lowest BCUT2D eigenvalue weighted by atomic mass is 9.98. The Hall–Kier alpha value is -3.50. The molecule has 0 atom stereocenters. The number of ether oxygens (including phenoxy) is 1. The van der Waals surface area contributed by atoms with E-state index < -0.39 is 5.97 Å². The van der Waals surface area contributed by atoms with Gasteiger partial charge in [0.15, 0.2) is 5.11 Å². The van der Waals surface area contributed by atoms with E-state index in [1.165, 1.54) is 18.4 Å². The maximum Gasteiger partial charge on any atom is 0.337 e. The third-order valence-electron chi connectivity index (χ3n) is 6.06. The van der Waals surface area contributed by atoms with Crippen molar-refractivity contribution in [2.24, 2.45) is 0 Å². The van der Waals surface area contributed by atoms with Gasteiger partial charge in [0.2, 0.25) is 0 Å². The summed E-state index contributed by atoms with van der Waals surface area (Å²) in [6, 6.07) is 14.8. The number of nitrogens with zero attached hydrogens (tertiary/aromatic N) is 3. The molecule has 2 heterocycles. The first-order valence-corrected chi connectivity index (χ1v) is 12.9. The zero-order valence-electron chi connectivity index (χ0n) is 20.5. The van der Waals surface area contributed by atoms with E-state index in [-0.39, 0.29) is 11.8 Å². The van der Waals surface area contributed by atoms with E-state index in [4.69, 9.17) is 17.0 Å². The molecule has 1 aromatic heterocycles. The van der Waals surface area contributed by atoms with Crippen LogP contribution < -0.4 is 15.5 Å². The van der Waals surface area contributed by atoms with E-state index >= 15 is 0 Å². The van der Waals surface area contributed by atoms with Crippen LogP contribution in [0.25, 0.3) is 0 Å². The number of rotatable bonds is 6. The van der Waals surface area contributed by atoms with E-state index in [1.54, 1.807) is 29.6 Å². The molecule has 0 aliphatic carbocycles. The van der Waals surface area contributed by atoms with Gasteiger partial charge >= 0.3 is 5.97 Å². The van der Waals surface area contributed by atoms with Crippen LogP contribution >= 0.6 is 23.6 Å². The van der Waals surface area contributed by atoms with Gasteiger partial charge in [0.05, 0.1) is 17.7 Å². The molecule has 10 heteroatoms. The van der Waals surface area contributed by atoms with E-state index in [9.17, 15) is 9.59 Å². The lowest BCUT2D eigenvalue weighted by Crippen LogP contribution is -2.40. The summed E-state index contributed by atoms with van der Waals surface area (Å²) in [6.45, 7) is 1.65. The highest BCUT2D eigenvalue weighted by Crippen LogP contribution is 2.31. The summed E-state index contributed by atoms with van der Waals surface area (Å²) in [5, 5.41) is 9.61. The van der Waals surface area contributed by atoms with Crippen LogP contribution in [-0.4, -0.2) is 61.2 Å². The number of amides is 1. The van der Waals surface area contributed by atoms with Crippen molar-refractivity contribution < 1.29 is 14.3 Å². The van der Waals surface area contributed by atoms with Gasteiger partial charge in [0.1, 0.15) is 5.69 Å². The summed E-state index contributed by atoms with van der Waals surface area (Å²) in [4.78, 5) is 33.3. The first kappa shape index (κ1) is 25.6. The molecule has 1 amide bonds. The SMILES string of the molecule is COC(=O)c1cccc(NC(=O)c2csc(C3CCN(C(=S)Nc4ccc(N(C)C)cc4)CC3)n2)c1. The molecular formula is C26H29N5O3S2. The molecule has 3 aromatic rings. The Labute approximate surface area is 220 Å². The summed E-state index contributed by atoms with van der Waals surface area (Å²) in [5.41, 5.74) is 3.38. The average molecular weight is 524 g/mol. The fourth-order valence-corrected chi connectivity index (χ4v) is 5.26. The standard InChI is InChI=1S/C26H29N5O3S2/c1-30(2)21-9-7-19(8-10-21)28-26(35)31-13-11-17(12-14-31)24-29-22(16-36-24)23(32)27-20-6-4-5-18(15-20)25(33)34-3/h4-10,15-17H,11-14H2,1-3H3,(H,27,32)(H,28,35). The Morgan fingerprint density at radius 3 is 2.47 bits per heavy atom. The normalized spacial score (nSPS) is 13.7. The molecule has 1 saturated heterocycles. The van der Waals surface area contributed by atoms with Crippen LogP contribution in [0.3, 0.4) is 0 Å². The Balaban J connectivity index is 1.30. The molecule has 4 rings (SSSR count). The van der Waals surface area contributed by atoms with E-state index in [0.29, 0.717) is 16.9 Å². The van der Waals surface area contributed by atoms with Crippen LogP contribution in [0.1, 0.15) is 44.6 Å². The zero-order chi connectivity index (χ0) is 25.7. The number of methoxy groups -OCH3 is 1. The minimum Gasteiger partial charge on any atom is -0.465 e.